The molecule has 0 radical (unpaired) electrons. The fourth-order valence-corrected chi connectivity index (χ4v) is 3.82. The van der Waals surface area contributed by atoms with Crippen LogP contribution in [0.2, 0.25) is 5.02 Å². The molecule has 0 spiro atoms. The molecule has 2 aromatic rings. The topological polar surface area (TPSA) is 63.3 Å². The predicted octanol–water partition coefficient (Wildman–Crippen LogP) is 3.43. The quantitative estimate of drug-likeness (QED) is 0.669. The molecule has 0 atom stereocenters. The molecule has 3 rings (SSSR count). The SMILES string of the molecule is COc1cc(Cl)c(C)cc1NC(=O)CN1CCN(Cc2ccc(OC)c(OC)c2)CC1. The lowest BCUT2D eigenvalue weighted by molar-refractivity contribution is -0.117. The number of rotatable bonds is 8. The molecule has 7 nitrogen and oxygen atoms in total. The van der Waals surface area contributed by atoms with E-state index in [2.05, 4.69) is 21.2 Å². The number of hydrogen-bond donors (Lipinski definition) is 1. The van der Waals surface area contributed by atoms with Gasteiger partial charge in [0.2, 0.25) is 5.91 Å². The molecule has 0 aromatic heterocycles. The van der Waals surface area contributed by atoms with Gasteiger partial charge >= 0.3 is 0 Å². The number of anilines is 1. The Morgan fingerprint density at radius 2 is 1.58 bits per heavy atom. The zero-order chi connectivity index (χ0) is 22.4. The predicted molar refractivity (Wildman–Crippen MR) is 123 cm³/mol. The maximum atomic E-state index is 12.6. The molecule has 1 aliphatic rings. The van der Waals surface area contributed by atoms with Crippen molar-refractivity contribution in [2.24, 2.45) is 0 Å². The molecule has 1 heterocycles. The van der Waals surface area contributed by atoms with Crippen LogP contribution in [0.15, 0.2) is 30.3 Å². The molecule has 0 unspecified atom stereocenters. The van der Waals surface area contributed by atoms with Gasteiger partial charge in [0.1, 0.15) is 5.75 Å². The van der Waals surface area contributed by atoms with E-state index in [-0.39, 0.29) is 5.91 Å². The lowest BCUT2D eigenvalue weighted by atomic mass is 10.1. The Balaban J connectivity index is 1.50. The van der Waals surface area contributed by atoms with Gasteiger partial charge in [-0.15, -0.1) is 0 Å². The maximum Gasteiger partial charge on any atom is 0.238 e. The van der Waals surface area contributed by atoms with Crippen LogP contribution in [0.3, 0.4) is 0 Å². The van der Waals surface area contributed by atoms with Crippen LogP contribution in [0.25, 0.3) is 0 Å². The molecule has 31 heavy (non-hydrogen) atoms. The van der Waals surface area contributed by atoms with Crippen LogP contribution in [-0.2, 0) is 11.3 Å². The molecular formula is C23H30ClN3O4. The second-order valence-corrected chi connectivity index (χ2v) is 8.00. The Kier molecular flexibility index (Phi) is 8.01. The molecule has 0 aliphatic carbocycles. The molecular weight excluding hydrogens is 418 g/mol. The van der Waals surface area contributed by atoms with E-state index in [1.54, 1.807) is 27.4 Å². The van der Waals surface area contributed by atoms with Gasteiger partial charge < -0.3 is 19.5 Å². The van der Waals surface area contributed by atoms with E-state index in [0.717, 1.165) is 49.8 Å². The van der Waals surface area contributed by atoms with Gasteiger partial charge in [-0.1, -0.05) is 17.7 Å². The van der Waals surface area contributed by atoms with Crippen LogP contribution < -0.4 is 19.5 Å². The number of benzene rings is 2. The molecule has 168 valence electrons. The standard InChI is InChI=1S/C23H30ClN3O4/c1-16-11-19(21(30-3)13-18(16)24)25-23(28)15-27-9-7-26(8-10-27)14-17-5-6-20(29-2)22(12-17)31-4/h5-6,11-13H,7-10,14-15H2,1-4H3,(H,25,28). The first-order valence-electron chi connectivity index (χ1n) is 10.2. The van der Waals surface area contributed by atoms with Crippen molar-refractivity contribution in [3.63, 3.8) is 0 Å². The van der Waals surface area contributed by atoms with Crippen LogP contribution in [0.1, 0.15) is 11.1 Å². The summed E-state index contributed by atoms with van der Waals surface area (Å²) in [5.74, 6) is 1.97. The molecule has 0 bridgehead atoms. The second-order valence-electron chi connectivity index (χ2n) is 7.59. The van der Waals surface area contributed by atoms with Crippen molar-refractivity contribution < 1.29 is 19.0 Å². The highest BCUT2D eigenvalue weighted by atomic mass is 35.5. The fraction of sp³-hybridized carbons (Fsp3) is 0.435. The molecule has 1 saturated heterocycles. The van der Waals surface area contributed by atoms with Gasteiger partial charge in [-0.05, 0) is 36.2 Å². The van der Waals surface area contributed by atoms with Gasteiger partial charge in [-0.2, -0.15) is 0 Å². The number of amides is 1. The van der Waals surface area contributed by atoms with E-state index in [0.29, 0.717) is 23.0 Å². The fourth-order valence-electron chi connectivity index (χ4n) is 3.67. The lowest BCUT2D eigenvalue weighted by Crippen LogP contribution is -2.48. The van der Waals surface area contributed by atoms with E-state index in [4.69, 9.17) is 25.8 Å². The van der Waals surface area contributed by atoms with E-state index < -0.39 is 0 Å². The molecule has 1 amide bonds. The van der Waals surface area contributed by atoms with Crippen molar-refractivity contribution in [3.8, 4) is 17.2 Å². The van der Waals surface area contributed by atoms with Crippen LogP contribution in [-0.4, -0.2) is 69.8 Å². The van der Waals surface area contributed by atoms with Gasteiger partial charge in [0.05, 0.1) is 33.6 Å². The number of carbonyl (C=O) groups is 1. The third-order valence-electron chi connectivity index (χ3n) is 5.44. The summed E-state index contributed by atoms with van der Waals surface area (Å²) < 4.78 is 16.0. The smallest absolute Gasteiger partial charge is 0.238 e. The van der Waals surface area contributed by atoms with E-state index in [1.807, 2.05) is 25.1 Å². The highest BCUT2D eigenvalue weighted by Gasteiger charge is 2.20. The molecule has 0 saturated carbocycles. The number of nitrogens with zero attached hydrogens (tertiary/aromatic N) is 2. The van der Waals surface area contributed by atoms with Gasteiger partial charge in [0.25, 0.3) is 0 Å². The highest BCUT2D eigenvalue weighted by molar-refractivity contribution is 6.31. The van der Waals surface area contributed by atoms with Gasteiger partial charge in [0, 0.05) is 43.8 Å². The van der Waals surface area contributed by atoms with Gasteiger partial charge in [0.15, 0.2) is 11.5 Å². The molecule has 8 heteroatoms. The Hall–Kier alpha value is -2.48. The summed E-state index contributed by atoms with van der Waals surface area (Å²) in [6.07, 6.45) is 0. The first kappa shape index (κ1) is 23.2. The van der Waals surface area contributed by atoms with Crippen molar-refractivity contribution >= 4 is 23.2 Å². The maximum absolute atomic E-state index is 12.6. The monoisotopic (exact) mass is 447 g/mol. The van der Waals surface area contributed by atoms with Crippen molar-refractivity contribution in [1.29, 1.82) is 0 Å². The first-order chi connectivity index (χ1) is 14.9. The van der Waals surface area contributed by atoms with Crippen molar-refractivity contribution in [1.82, 2.24) is 9.80 Å². The van der Waals surface area contributed by atoms with E-state index >= 15 is 0 Å². The molecule has 1 N–H and O–H groups in total. The molecule has 1 aliphatic heterocycles. The summed E-state index contributed by atoms with van der Waals surface area (Å²) in [5, 5.41) is 3.56. The van der Waals surface area contributed by atoms with Crippen molar-refractivity contribution in [3.05, 3.63) is 46.5 Å². The highest BCUT2D eigenvalue weighted by Crippen LogP contribution is 2.31. The minimum absolute atomic E-state index is 0.0617. The number of hydrogen-bond acceptors (Lipinski definition) is 6. The molecule has 2 aromatic carbocycles. The zero-order valence-electron chi connectivity index (χ0n) is 18.5. The number of ether oxygens (including phenoxy) is 3. The first-order valence-corrected chi connectivity index (χ1v) is 10.6. The summed E-state index contributed by atoms with van der Waals surface area (Å²) in [5.41, 5.74) is 2.71. The number of aryl methyl sites for hydroxylation is 1. The largest absolute Gasteiger partial charge is 0.495 e. The van der Waals surface area contributed by atoms with Crippen LogP contribution in [0.5, 0.6) is 17.2 Å². The van der Waals surface area contributed by atoms with Crippen LogP contribution in [0.4, 0.5) is 5.69 Å². The Bertz CT molecular complexity index is 914. The minimum Gasteiger partial charge on any atom is -0.495 e. The van der Waals surface area contributed by atoms with Gasteiger partial charge in [-0.3, -0.25) is 14.6 Å². The summed E-state index contributed by atoms with van der Waals surface area (Å²) >= 11 is 6.14. The average Bonchev–Trinajstić information content (AvgIpc) is 2.77. The van der Waals surface area contributed by atoms with E-state index in [9.17, 15) is 4.79 Å². The third-order valence-corrected chi connectivity index (χ3v) is 5.85. The van der Waals surface area contributed by atoms with Crippen LogP contribution >= 0.6 is 11.6 Å². The normalized spacial score (nSPS) is 14.9. The van der Waals surface area contributed by atoms with E-state index in [1.165, 1.54) is 5.56 Å². The van der Waals surface area contributed by atoms with Crippen molar-refractivity contribution in [2.45, 2.75) is 13.5 Å². The van der Waals surface area contributed by atoms with Crippen molar-refractivity contribution in [2.75, 3.05) is 59.4 Å². The third kappa shape index (κ3) is 6.03. The number of halogens is 1. The zero-order valence-corrected chi connectivity index (χ0v) is 19.3. The number of methoxy groups -OCH3 is 3. The molecule has 1 fully saturated rings. The number of carbonyl (C=O) groups excluding carboxylic acids is 1. The summed E-state index contributed by atoms with van der Waals surface area (Å²) in [4.78, 5) is 17.1. The van der Waals surface area contributed by atoms with Crippen LogP contribution in [0, 0.1) is 6.92 Å². The lowest BCUT2D eigenvalue weighted by Gasteiger charge is -2.34. The average molecular weight is 448 g/mol. The summed E-state index contributed by atoms with van der Waals surface area (Å²) in [6.45, 7) is 6.52. The second kappa shape index (κ2) is 10.7. The Morgan fingerprint density at radius 3 is 2.23 bits per heavy atom. The Morgan fingerprint density at radius 1 is 0.935 bits per heavy atom. The Labute approximate surface area is 188 Å². The van der Waals surface area contributed by atoms with Gasteiger partial charge in [-0.25, -0.2) is 0 Å². The summed E-state index contributed by atoms with van der Waals surface area (Å²) in [7, 11) is 4.84. The summed E-state index contributed by atoms with van der Waals surface area (Å²) in [6, 6.07) is 9.56. The number of nitrogens with one attached hydrogen (secondary N) is 1. The minimum atomic E-state index is -0.0617. The number of piperazine rings is 1.